The molecule has 0 atom stereocenters. The van der Waals surface area contributed by atoms with E-state index >= 15 is 0 Å². The third-order valence-corrected chi connectivity index (χ3v) is 3.22. The first-order chi connectivity index (χ1) is 10.3. The minimum absolute atomic E-state index is 0.327. The van der Waals surface area contributed by atoms with Gasteiger partial charge < -0.3 is 0 Å². The third-order valence-electron chi connectivity index (χ3n) is 2.58. The lowest BCUT2D eigenvalue weighted by atomic mass is 10.4. The van der Waals surface area contributed by atoms with Crippen LogP contribution in [0.15, 0.2) is 35.9 Å². The zero-order valence-corrected chi connectivity index (χ0v) is 12.8. The Morgan fingerprint density at radius 2 is 2.00 bits per heavy atom. The summed E-state index contributed by atoms with van der Waals surface area (Å²) >= 11 is 1.55. The van der Waals surface area contributed by atoms with Gasteiger partial charge in [-0.15, -0.1) is 11.8 Å². The summed E-state index contributed by atoms with van der Waals surface area (Å²) < 4.78 is 1.77. The second-order valence-corrected chi connectivity index (χ2v) is 4.51. The molecule has 106 valence electrons. The Balaban J connectivity index is 0.000000774. The van der Waals surface area contributed by atoms with Crippen LogP contribution < -0.4 is 0 Å². The number of hydrogen-bond donors (Lipinski definition) is 0. The van der Waals surface area contributed by atoms with Crippen LogP contribution in [0.4, 0.5) is 0 Å². The van der Waals surface area contributed by atoms with E-state index in [-0.39, 0.29) is 0 Å². The summed E-state index contributed by atoms with van der Waals surface area (Å²) in [6, 6.07) is 3.85. The lowest BCUT2D eigenvalue weighted by Gasteiger charge is -2.02. The van der Waals surface area contributed by atoms with Crippen LogP contribution in [-0.4, -0.2) is 30.6 Å². The van der Waals surface area contributed by atoms with Gasteiger partial charge in [-0.1, -0.05) is 13.8 Å². The van der Waals surface area contributed by atoms with Crippen LogP contribution in [0.2, 0.25) is 0 Å². The number of imidazole rings is 1. The standard InChI is InChI=1S/C12H8N6S.C2H6/c1-19-11-2-3-14-12(17-11)9-5-16-10-6-15-8(4-13)7-18(9)10;1-2/h2-3,5-7H,1H3;1-2H3. The first kappa shape index (κ1) is 14.9. The van der Waals surface area contributed by atoms with E-state index in [1.807, 2.05) is 32.2 Å². The molecule has 21 heavy (non-hydrogen) atoms. The molecule has 0 unspecified atom stereocenters. The molecule has 0 bridgehead atoms. The Morgan fingerprint density at radius 3 is 2.71 bits per heavy atom. The molecule has 0 amide bonds. The van der Waals surface area contributed by atoms with Crippen molar-refractivity contribution >= 4 is 17.4 Å². The van der Waals surface area contributed by atoms with Crippen LogP contribution >= 0.6 is 11.8 Å². The van der Waals surface area contributed by atoms with Gasteiger partial charge in [-0.2, -0.15) is 5.26 Å². The van der Waals surface area contributed by atoms with Gasteiger partial charge in [-0.05, 0) is 12.3 Å². The van der Waals surface area contributed by atoms with Crippen molar-refractivity contribution in [2.75, 3.05) is 6.26 Å². The molecule has 3 aromatic rings. The molecule has 0 radical (unpaired) electrons. The van der Waals surface area contributed by atoms with Crippen LogP contribution in [0, 0.1) is 11.3 Å². The van der Waals surface area contributed by atoms with Crippen molar-refractivity contribution in [3.8, 4) is 17.6 Å². The van der Waals surface area contributed by atoms with E-state index in [1.54, 1.807) is 40.9 Å². The van der Waals surface area contributed by atoms with Gasteiger partial charge in [0.25, 0.3) is 0 Å². The first-order valence-electron chi connectivity index (χ1n) is 6.42. The Bertz CT molecular complexity index is 790. The smallest absolute Gasteiger partial charge is 0.179 e. The molecule has 0 aromatic carbocycles. The summed E-state index contributed by atoms with van der Waals surface area (Å²) in [4.78, 5) is 16.9. The fourth-order valence-corrected chi connectivity index (χ4v) is 2.07. The van der Waals surface area contributed by atoms with Crippen molar-refractivity contribution in [1.29, 1.82) is 5.26 Å². The molecule has 3 aromatic heterocycles. The van der Waals surface area contributed by atoms with Gasteiger partial charge >= 0.3 is 0 Å². The van der Waals surface area contributed by atoms with Crippen LogP contribution in [0.3, 0.4) is 0 Å². The molecule has 7 heteroatoms. The summed E-state index contributed by atoms with van der Waals surface area (Å²) in [6.07, 6.45) is 8.53. The molecule has 6 nitrogen and oxygen atoms in total. The summed E-state index contributed by atoms with van der Waals surface area (Å²) in [5, 5.41) is 9.78. The minimum Gasteiger partial charge on any atom is -0.293 e. The lowest BCUT2D eigenvalue weighted by molar-refractivity contribution is 1.02. The number of rotatable bonds is 2. The molecule has 0 N–H and O–H groups in total. The Hall–Kier alpha value is -2.46. The van der Waals surface area contributed by atoms with Crippen LogP contribution in [0.1, 0.15) is 19.5 Å². The Morgan fingerprint density at radius 1 is 1.19 bits per heavy atom. The summed E-state index contributed by atoms with van der Waals surface area (Å²) in [5.74, 6) is 0.578. The number of fused-ring (bicyclic) bond motifs is 1. The van der Waals surface area contributed by atoms with Crippen molar-refractivity contribution in [3.63, 3.8) is 0 Å². The monoisotopic (exact) mass is 298 g/mol. The second kappa shape index (κ2) is 6.81. The number of thioether (sulfide) groups is 1. The van der Waals surface area contributed by atoms with Gasteiger partial charge in [0, 0.05) is 12.4 Å². The van der Waals surface area contributed by atoms with E-state index in [9.17, 15) is 0 Å². The zero-order chi connectivity index (χ0) is 15.2. The van der Waals surface area contributed by atoms with E-state index in [0.717, 1.165) is 10.7 Å². The highest BCUT2D eigenvalue weighted by Crippen LogP contribution is 2.19. The van der Waals surface area contributed by atoms with Crippen molar-refractivity contribution in [3.05, 3.63) is 36.5 Å². The van der Waals surface area contributed by atoms with Gasteiger partial charge in [-0.3, -0.25) is 4.40 Å². The van der Waals surface area contributed by atoms with E-state index in [0.29, 0.717) is 17.2 Å². The molecule has 0 aliphatic heterocycles. The van der Waals surface area contributed by atoms with Gasteiger partial charge in [0.2, 0.25) is 0 Å². The topological polar surface area (TPSA) is 79.8 Å². The SMILES string of the molecule is CC.CSc1ccnc(-c2cnc3cnc(C#N)cn23)n1. The maximum absolute atomic E-state index is 8.90. The average molecular weight is 298 g/mol. The van der Waals surface area contributed by atoms with Gasteiger partial charge in [-0.25, -0.2) is 19.9 Å². The number of hydrogen-bond acceptors (Lipinski definition) is 6. The van der Waals surface area contributed by atoms with Crippen molar-refractivity contribution in [2.45, 2.75) is 18.9 Å². The fraction of sp³-hybridized carbons (Fsp3) is 0.214. The molecule has 0 aliphatic rings. The first-order valence-corrected chi connectivity index (χ1v) is 7.65. The maximum atomic E-state index is 8.90. The molecule has 0 saturated heterocycles. The van der Waals surface area contributed by atoms with Gasteiger partial charge in [0.15, 0.2) is 17.2 Å². The molecule has 3 heterocycles. The fourth-order valence-electron chi connectivity index (χ4n) is 1.69. The summed E-state index contributed by atoms with van der Waals surface area (Å²) in [6.45, 7) is 4.00. The van der Waals surface area contributed by atoms with Crippen molar-refractivity contribution in [1.82, 2.24) is 24.3 Å². The highest BCUT2D eigenvalue weighted by molar-refractivity contribution is 7.98. The quantitative estimate of drug-likeness (QED) is 0.534. The third kappa shape index (κ3) is 3.01. The molecule has 0 aliphatic carbocycles. The average Bonchev–Trinajstić information content (AvgIpc) is 2.99. The van der Waals surface area contributed by atoms with Crippen LogP contribution in [0.5, 0.6) is 0 Å². The number of nitriles is 1. The van der Waals surface area contributed by atoms with E-state index < -0.39 is 0 Å². The predicted molar refractivity (Wildman–Crippen MR) is 81.9 cm³/mol. The number of nitrogens with zero attached hydrogens (tertiary/aromatic N) is 6. The zero-order valence-electron chi connectivity index (χ0n) is 12.0. The summed E-state index contributed by atoms with van der Waals surface area (Å²) in [5.41, 5.74) is 1.73. The highest BCUT2D eigenvalue weighted by atomic mass is 32.2. The van der Waals surface area contributed by atoms with Crippen molar-refractivity contribution < 1.29 is 0 Å². The number of aromatic nitrogens is 5. The molecular weight excluding hydrogens is 284 g/mol. The van der Waals surface area contributed by atoms with Crippen LogP contribution in [-0.2, 0) is 0 Å². The van der Waals surface area contributed by atoms with E-state index in [4.69, 9.17) is 5.26 Å². The van der Waals surface area contributed by atoms with Crippen molar-refractivity contribution in [2.24, 2.45) is 0 Å². The maximum Gasteiger partial charge on any atom is 0.179 e. The van der Waals surface area contributed by atoms with Gasteiger partial charge in [0.1, 0.15) is 11.8 Å². The van der Waals surface area contributed by atoms with Crippen LogP contribution in [0.25, 0.3) is 17.2 Å². The lowest BCUT2D eigenvalue weighted by Crippen LogP contribution is -1.96. The molecule has 3 rings (SSSR count). The highest BCUT2D eigenvalue weighted by Gasteiger charge is 2.10. The predicted octanol–water partition coefficient (Wildman–Crippen LogP) is 2.81. The molecule has 0 saturated carbocycles. The molecular formula is C14H14N6S. The summed E-state index contributed by atoms with van der Waals surface area (Å²) in [7, 11) is 0. The Kier molecular flexibility index (Phi) is 4.85. The van der Waals surface area contributed by atoms with E-state index in [1.165, 1.54) is 0 Å². The normalized spacial score (nSPS) is 9.81. The largest absolute Gasteiger partial charge is 0.293 e. The Labute approximate surface area is 126 Å². The van der Waals surface area contributed by atoms with E-state index in [2.05, 4.69) is 19.9 Å². The molecule has 0 fully saturated rings. The van der Waals surface area contributed by atoms with Gasteiger partial charge in [0.05, 0.1) is 17.4 Å². The second-order valence-electron chi connectivity index (χ2n) is 3.68. The molecule has 0 spiro atoms. The minimum atomic E-state index is 0.327.